The van der Waals surface area contributed by atoms with Gasteiger partial charge in [-0.1, -0.05) is 60.7 Å². The molecule has 0 saturated carbocycles. The van der Waals surface area contributed by atoms with Crippen molar-refractivity contribution in [2.45, 2.75) is 32.3 Å². The van der Waals surface area contributed by atoms with E-state index in [1.54, 1.807) is 6.08 Å². The molecule has 0 saturated heterocycles. The molecule has 27 heavy (non-hydrogen) atoms. The molecule has 0 fully saturated rings. The zero-order valence-corrected chi connectivity index (χ0v) is 15.3. The minimum absolute atomic E-state index is 0.150. The van der Waals surface area contributed by atoms with Gasteiger partial charge in [-0.2, -0.15) is 0 Å². The van der Waals surface area contributed by atoms with Gasteiger partial charge in [-0.3, -0.25) is 9.59 Å². The second kappa shape index (κ2) is 11.8. The Morgan fingerprint density at radius 2 is 1.56 bits per heavy atom. The van der Waals surface area contributed by atoms with Crippen LogP contribution < -0.4 is 0 Å². The van der Waals surface area contributed by atoms with Crippen molar-refractivity contribution in [3.63, 3.8) is 0 Å². The molecule has 142 valence electrons. The summed E-state index contributed by atoms with van der Waals surface area (Å²) in [4.78, 5) is 22.3. The van der Waals surface area contributed by atoms with E-state index in [-0.39, 0.29) is 6.61 Å². The number of aldehydes is 1. The van der Waals surface area contributed by atoms with Crippen LogP contribution in [0.1, 0.15) is 18.1 Å². The van der Waals surface area contributed by atoms with Crippen LogP contribution in [0.15, 0.2) is 72.8 Å². The van der Waals surface area contributed by atoms with Crippen LogP contribution in [-0.4, -0.2) is 31.1 Å². The molecule has 0 amide bonds. The van der Waals surface area contributed by atoms with Crippen molar-refractivity contribution in [1.29, 1.82) is 0 Å². The van der Waals surface area contributed by atoms with Gasteiger partial charge in [0.2, 0.25) is 0 Å². The number of benzene rings is 2. The Balaban J connectivity index is 2.00. The molecule has 0 aliphatic heterocycles. The van der Waals surface area contributed by atoms with Crippen molar-refractivity contribution < 1.29 is 23.8 Å². The van der Waals surface area contributed by atoms with Gasteiger partial charge in [0, 0.05) is 6.92 Å². The molecule has 0 aromatic heterocycles. The molecule has 0 radical (unpaired) electrons. The number of allylic oxidation sites excluding steroid dienone is 1. The molecular weight excluding hydrogens is 344 g/mol. The van der Waals surface area contributed by atoms with Crippen molar-refractivity contribution in [3.05, 3.63) is 83.9 Å². The Kier molecular flexibility index (Phi) is 8.96. The first-order chi connectivity index (χ1) is 13.2. The molecule has 2 atom stereocenters. The lowest BCUT2D eigenvalue weighted by molar-refractivity contribution is -0.158. The molecule has 2 aromatic rings. The summed E-state index contributed by atoms with van der Waals surface area (Å²) in [5.74, 6) is -0.434. The fraction of sp³-hybridized carbons (Fsp3) is 0.273. The summed E-state index contributed by atoms with van der Waals surface area (Å²) in [7, 11) is 0. The molecular formula is C22H24O5. The molecule has 0 aliphatic rings. The number of hydrogen-bond acceptors (Lipinski definition) is 5. The Labute approximate surface area is 159 Å². The van der Waals surface area contributed by atoms with Crippen molar-refractivity contribution in [3.8, 4) is 0 Å². The van der Waals surface area contributed by atoms with Crippen LogP contribution in [0, 0.1) is 0 Å². The standard InChI is InChI=1S/C22H24O5/c1-18(24)27-22(17-25-15-19-9-4-2-5-10-19)21(13-8-14-23)26-16-20-11-6-3-7-12-20/h2-14,21-22H,15-17H2,1H3/b13-8+/t21-,22-/m0/s1. The first kappa shape index (κ1) is 20.6. The molecule has 5 nitrogen and oxygen atoms in total. The largest absolute Gasteiger partial charge is 0.457 e. The van der Waals surface area contributed by atoms with Gasteiger partial charge in [-0.25, -0.2) is 0 Å². The first-order valence-corrected chi connectivity index (χ1v) is 8.75. The summed E-state index contributed by atoms with van der Waals surface area (Å²) in [5, 5.41) is 0. The highest BCUT2D eigenvalue weighted by atomic mass is 16.6. The van der Waals surface area contributed by atoms with Gasteiger partial charge in [-0.05, 0) is 23.3 Å². The Bertz CT molecular complexity index is 712. The Hall–Kier alpha value is -2.76. The first-order valence-electron chi connectivity index (χ1n) is 8.75. The van der Waals surface area contributed by atoms with E-state index in [4.69, 9.17) is 14.2 Å². The van der Waals surface area contributed by atoms with E-state index in [0.717, 1.165) is 11.1 Å². The summed E-state index contributed by atoms with van der Waals surface area (Å²) < 4.78 is 17.0. The van der Waals surface area contributed by atoms with Gasteiger partial charge >= 0.3 is 5.97 Å². The van der Waals surface area contributed by atoms with Gasteiger partial charge in [0.05, 0.1) is 19.8 Å². The van der Waals surface area contributed by atoms with Crippen molar-refractivity contribution in [2.75, 3.05) is 6.61 Å². The molecule has 0 aliphatic carbocycles. The number of hydrogen-bond donors (Lipinski definition) is 0. The number of carbonyl (C=O) groups is 2. The number of carbonyl (C=O) groups excluding carboxylic acids is 2. The lowest BCUT2D eigenvalue weighted by Gasteiger charge is -2.24. The summed E-state index contributed by atoms with van der Waals surface area (Å²) in [6, 6.07) is 19.3. The van der Waals surface area contributed by atoms with Gasteiger partial charge in [0.1, 0.15) is 12.4 Å². The highest BCUT2D eigenvalue weighted by Crippen LogP contribution is 2.13. The van der Waals surface area contributed by atoms with Crippen LogP contribution in [0.2, 0.25) is 0 Å². The Morgan fingerprint density at radius 3 is 2.11 bits per heavy atom. The number of ether oxygens (including phenoxy) is 3. The molecule has 0 spiro atoms. The van der Waals surface area contributed by atoms with Crippen LogP contribution in [0.5, 0.6) is 0 Å². The Morgan fingerprint density at radius 1 is 0.963 bits per heavy atom. The quantitative estimate of drug-likeness (QED) is 0.345. The van der Waals surface area contributed by atoms with Crippen LogP contribution in [0.4, 0.5) is 0 Å². The van der Waals surface area contributed by atoms with Crippen LogP contribution >= 0.6 is 0 Å². The van der Waals surface area contributed by atoms with Crippen molar-refractivity contribution >= 4 is 12.3 Å². The molecule has 0 bridgehead atoms. The van der Waals surface area contributed by atoms with E-state index in [2.05, 4.69) is 0 Å². The summed E-state index contributed by atoms with van der Waals surface area (Å²) in [6.07, 6.45) is 2.31. The maximum absolute atomic E-state index is 11.5. The van der Waals surface area contributed by atoms with Gasteiger partial charge in [0.15, 0.2) is 6.10 Å². The average molecular weight is 368 g/mol. The summed E-state index contributed by atoms with van der Waals surface area (Å²) in [6.45, 7) is 2.20. The molecule has 2 rings (SSSR count). The summed E-state index contributed by atoms with van der Waals surface area (Å²) in [5.41, 5.74) is 2.00. The SMILES string of the molecule is CC(=O)O[C@@H](COCc1ccccc1)[C@H](/C=C/C=O)OCc1ccccc1. The minimum atomic E-state index is -0.661. The molecule has 2 aromatic carbocycles. The summed E-state index contributed by atoms with van der Waals surface area (Å²) >= 11 is 0. The van der Waals surface area contributed by atoms with Gasteiger partial charge < -0.3 is 14.2 Å². The number of rotatable bonds is 11. The highest BCUT2D eigenvalue weighted by Gasteiger charge is 2.23. The third-order valence-corrected chi connectivity index (χ3v) is 3.74. The van der Waals surface area contributed by atoms with E-state index in [1.165, 1.54) is 13.0 Å². The topological polar surface area (TPSA) is 61.8 Å². The van der Waals surface area contributed by atoms with Crippen molar-refractivity contribution in [2.24, 2.45) is 0 Å². The van der Waals surface area contributed by atoms with Crippen LogP contribution in [0.25, 0.3) is 0 Å². The van der Waals surface area contributed by atoms with E-state index >= 15 is 0 Å². The highest BCUT2D eigenvalue weighted by molar-refractivity contribution is 5.66. The van der Waals surface area contributed by atoms with E-state index in [0.29, 0.717) is 19.5 Å². The third-order valence-electron chi connectivity index (χ3n) is 3.74. The smallest absolute Gasteiger partial charge is 0.303 e. The predicted octanol–water partition coefficient (Wildman–Crippen LogP) is 3.48. The van der Waals surface area contributed by atoms with Gasteiger partial charge in [0.25, 0.3) is 0 Å². The van der Waals surface area contributed by atoms with E-state index in [9.17, 15) is 9.59 Å². The monoisotopic (exact) mass is 368 g/mol. The molecule has 0 unspecified atom stereocenters. The lowest BCUT2D eigenvalue weighted by Crippen LogP contribution is -2.35. The van der Waals surface area contributed by atoms with Crippen LogP contribution in [0.3, 0.4) is 0 Å². The maximum atomic E-state index is 11.5. The van der Waals surface area contributed by atoms with E-state index in [1.807, 2.05) is 60.7 Å². The van der Waals surface area contributed by atoms with Crippen LogP contribution in [-0.2, 0) is 37.0 Å². The molecule has 5 heteroatoms. The predicted molar refractivity (Wildman–Crippen MR) is 102 cm³/mol. The fourth-order valence-corrected chi connectivity index (χ4v) is 2.48. The van der Waals surface area contributed by atoms with Gasteiger partial charge in [-0.15, -0.1) is 0 Å². The number of esters is 1. The lowest BCUT2D eigenvalue weighted by atomic mass is 10.2. The normalized spacial score (nSPS) is 13.2. The van der Waals surface area contributed by atoms with Crippen molar-refractivity contribution in [1.82, 2.24) is 0 Å². The molecule has 0 heterocycles. The zero-order chi connectivity index (χ0) is 19.3. The fourth-order valence-electron chi connectivity index (χ4n) is 2.48. The molecule has 0 N–H and O–H groups in total. The zero-order valence-electron chi connectivity index (χ0n) is 15.3. The van der Waals surface area contributed by atoms with E-state index < -0.39 is 18.2 Å². The second-order valence-electron chi connectivity index (χ2n) is 5.93. The second-order valence-corrected chi connectivity index (χ2v) is 5.93. The average Bonchev–Trinajstić information content (AvgIpc) is 2.69. The third kappa shape index (κ3) is 7.98. The minimum Gasteiger partial charge on any atom is -0.457 e. The maximum Gasteiger partial charge on any atom is 0.303 e.